The standard InChI is InChI=1S/C18H21N3O2/c1-13(14-6-4-3-5-7-14)20-12-17(22)21-16-10-8-15(9-11-16)18(23)19-2/h3-11,13,20H,12H2,1-2H3,(H,19,23)(H,21,22)/p+1/t13-/m1/s1. The van der Waals surface area contributed by atoms with Crippen LogP contribution < -0.4 is 16.0 Å². The van der Waals surface area contributed by atoms with E-state index in [-0.39, 0.29) is 17.9 Å². The molecule has 0 aliphatic heterocycles. The van der Waals surface area contributed by atoms with Crippen molar-refractivity contribution < 1.29 is 14.9 Å². The van der Waals surface area contributed by atoms with Gasteiger partial charge in [0, 0.05) is 23.9 Å². The molecule has 2 amide bonds. The fourth-order valence-electron chi connectivity index (χ4n) is 2.24. The molecule has 0 aliphatic carbocycles. The molecule has 0 bridgehead atoms. The van der Waals surface area contributed by atoms with Gasteiger partial charge in [-0.2, -0.15) is 0 Å². The number of hydrogen-bond donors (Lipinski definition) is 3. The summed E-state index contributed by atoms with van der Waals surface area (Å²) in [7, 11) is 1.59. The first-order valence-electron chi connectivity index (χ1n) is 7.60. The second-order valence-corrected chi connectivity index (χ2v) is 5.34. The second-order valence-electron chi connectivity index (χ2n) is 5.34. The summed E-state index contributed by atoms with van der Waals surface area (Å²) < 4.78 is 0. The molecule has 0 saturated carbocycles. The van der Waals surface area contributed by atoms with Crippen LogP contribution in [0.15, 0.2) is 54.6 Å². The number of amides is 2. The average Bonchev–Trinajstić information content (AvgIpc) is 2.60. The van der Waals surface area contributed by atoms with Crippen LogP contribution in [0.5, 0.6) is 0 Å². The predicted octanol–water partition coefficient (Wildman–Crippen LogP) is 1.31. The van der Waals surface area contributed by atoms with E-state index < -0.39 is 0 Å². The quantitative estimate of drug-likeness (QED) is 0.752. The molecule has 1 atom stereocenters. The van der Waals surface area contributed by atoms with E-state index in [1.807, 2.05) is 23.5 Å². The monoisotopic (exact) mass is 312 g/mol. The molecule has 0 heterocycles. The maximum Gasteiger partial charge on any atom is 0.279 e. The minimum atomic E-state index is -0.145. The maximum atomic E-state index is 12.0. The lowest BCUT2D eigenvalue weighted by Gasteiger charge is -2.11. The number of hydrogen-bond acceptors (Lipinski definition) is 2. The number of nitrogens with one attached hydrogen (secondary N) is 2. The molecule has 0 radical (unpaired) electrons. The predicted molar refractivity (Wildman–Crippen MR) is 90.1 cm³/mol. The number of nitrogens with two attached hydrogens (primary N) is 1. The van der Waals surface area contributed by atoms with Crippen LogP contribution in [0.25, 0.3) is 0 Å². The van der Waals surface area contributed by atoms with Crippen molar-refractivity contribution >= 4 is 17.5 Å². The van der Waals surface area contributed by atoms with Crippen molar-refractivity contribution in [2.45, 2.75) is 13.0 Å². The first-order chi connectivity index (χ1) is 11.1. The van der Waals surface area contributed by atoms with Gasteiger partial charge >= 0.3 is 0 Å². The third-order valence-corrected chi connectivity index (χ3v) is 3.64. The molecule has 0 aliphatic rings. The fraction of sp³-hybridized carbons (Fsp3) is 0.222. The van der Waals surface area contributed by atoms with Crippen LogP contribution in [0.4, 0.5) is 5.69 Å². The minimum absolute atomic E-state index is 0.0690. The molecule has 5 heteroatoms. The van der Waals surface area contributed by atoms with Gasteiger partial charge in [0.05, 0.1) is 0 Å². The summed E-state index contributed by atoms with van der Waals surface area (Å²) in [5.74, 6) is -0.214. The number of anilines is 1. The Kier molecular flexibility index (Phi) is 5.88. The molecule has 2 rings (SSSR count). The van der Waals surface area contributed by atoms with Gasteiger partial charge in [0.25, 0.3) is 11.8 Å². The Morgan fingerprint density at radius 1 is 1.04 bits per heavy atom. The lowest BCUT2D eigenvalue weighted by molar-refractivity contribution is -0.682. The van der Waals surface area contributed by atoms with E-state index in [2.05, 4.69) is 29.7 Å². The molecule has 2 aromatic rings. The van der Waals surface area contributed by atoms with Crippen molar-refractivity contribution in [1.82, 2.24) is 5.32 Å². The molecular weight excluding hydrogens is 290 g/mol. The van der Waals surface area contributed by atoms with Crippen LogP contribution in [0.3, 0.4) is 0 Å². The Labute approximate surface area is 136 Å². The van der Waals surface area contributed by atoms with Crippen molar-refractivity contribution in [2.75, 3.05) is 18.9 Å². The summed E-state index contributed by atoms with van der Waals surface area (Å²) >= 11 is 0. The molecule has 4 N–H and O–H groups in total. The summed E-state index contributed by atoms with van der Waals surface area (Å²) in [6.07, 6.45) is 0. The van der Waals surface area contributed by atoms with Crippen molar-refractivity contribution in [3.63, 3.8) is 0 Å². The molecule has 0 aromatic heterocycles. The van der Waals surface area contributed by atoms with Crippen molar-refractivity contribution in [1.29, 1.82) is 0 Å². The molecule has 0 saturated heterocycles. The van der Waals surface area contributed by atoms with Gasteiger partial charge in [-0.15, -0.1) is 0 Å². The normalized spacial score (nSPS) is 11.6. The van der Waals surface area contributed by atoms with Crippen LogP contribution >= 0.6 is 0 Å². The molecule has 2 aromatic carbocycles. The maximum absolute atomic E-state index is 12.0. The van der Waals surface area contributed by atoms with E-state index in [0.29, 0.717) is 17.8 Å². The van der Waals surface area contributed by atoms with Crippen LogP contribution in [-0.4, -0.2) is 25.4 Å². The number of benzene rings is 2. The number of quaternary nitrogens is 1. The first kappa shape index (κ1) is 16.7. The Morgan fingerprint density at radius 3 is 2.30 bits per heavy atom. The summed E-state index contributed by atoms with van der Waals surface area (Å²) in [5.41, 5.74) is 2.44. The Balaban J connectivity index is 1.84. The molecular formula is C18H22N3O2+. The van der Waals surface area contributed by atoms with Gasteiger partial charge in [-0.05, 0) is 31.2 Å². The van der Waals surface area contributed by atoms with Crippen LogP contribution in [0, 0.1) is 0 Å². The second kappa shape index (κ2) is 8.10. The fourth-order valence-corrected chi connectivity index (χ4v) is 2.24. The van der Waals surface area contributed by atoms with Gasteiger partial charge in [0.15, 0.2) is 6.54 Å². The van der Waals surface area contributed by atoms with Crippen molar-refractivity contribution in [3.8, 4) is 0 Å². The highest BCUT2D eigenvalue weighted by Crippen LogP contribution is 2.09. The Hall–Kier alpha value is -2.66. The highest BCUT2D eigenvalue weighted by molar-refractivity contribution is 5.95. The molecule has 0 spiro atoms. The average molecular weight is 312 g/mol. The highest BCUT2D eigenvalue weighted by Gasteiger charge is 2.11. The lowest BCUT2D eigenvalue weighted by atomic mass is 10.1. The lowest BCUT2D eigenvalue weighted by Crippen LogP contribution is -2.86. The summed E-state index contributed by atoms with van der Waals surface area (Å²) in [4.78, 5) is 23.5. The minimum Gasteiger partial charge on any atom is -0.355 e. The number of rotatable bonds is 6. The summed E-state index contributed by atoms with van der Waals surface area (Å²) in [6.45, 7) is 2.41. The highest BCUT2D eigenvalue weighted by atomic mass is 16.2. The number of carbonyl (C=O) groups excluding carboxylic acids is 2. The van der Waals surface area contributed by atoms with Crippen molar-refractivity contribution in [2.24, 2.45) is 0 Å². The molecule has 0 fully saturated rings. The van der Waals surface area contributed by atoms with E-state index in [4.69, 9.17) is 0 Å². The Morgan fingerprint density at radius 2 is 1.70 bits per heavy atom. The van der Waals surface area contributed by atoms with Gasteiger partial charge in [0.1, 0.15) is 6.04 Å². The molecule has 120 valence electrons. The third kappa shape index (κ3) is 4.93. The number of carbonyl (C=O) groups is 2. The Bertz CT molecular complexity index is 654. The van der Waals surface area contributed by atoms with Gasteiger partial charge in [0.2, 0.25) is 0 Å². The largest absolute Gasteiger partial charge is 0.355 e. The van der Waals surface area contributed by atoms with E-state index in [9.17, 15) is 9.59 Å². The van der Waals surface area contributed by atoms with Gasteiger partial charge in [-0.3, -0.25) is 9.59 Å². The van der Waals surface area contributed by atoms with E-state index in [1.54, 1.807) is 31.3 Å². The van der Waals surface area contributed by atoms with Gasteiger partial charge in [-0.1, -0.05) is 30.3 Å². The summed E-state index contributed by atoms with van der Waals surface area (Å²) in [6, 6.07) is 17.1. The first-order valence-corrected chi connectivity index (χ1v) is 7.60. The zero-order valence-corrected chi connectivity index (χ0v) is 13.4. The van der Waals surface area contributed by atoms with Gasteiger partial charge in [-0.25, -0.2) is 0 Å². The SMILES string of the molecule is CNC(=O)c1ccc(NC(=O)C[NH2+][C@H](C)c2ccccc2)cc1. The van der Waals surface area contributed by atoms with Crippen LogP contribution in [0.2, 0.25) is 0 Å². The topological polar surface area (TPSA) is 74.8 Å². The summed E-state index contributed by atoms with van der Waals surface area (Å²) in [5, 5.41) is 7.38. The smallest absolute Gasteiger partial charge is 0.279 e. The van der Waals surface area contributed by atoms with E-state index in [1.165, 1.54) is 5.56 Å². The van der Waals surface area contributed by atoms with E-state index in [0.717, 1.165) is 0 Å². The molecule has 23 heavy (non-hydrogen) atoms. The molecule has 0 unspecified atom stereocenters. The van der Waals surface area contributed by atoms with Crippen molar-refractivity contribution in [3.05, 3.63) is 65.7 Å². The van der Waals surface area contributed by atoms with Crippen LogP contribution in [0.1, 0.15) is 28.9 Å². The van der Waals surface area contributed by atoms with Crippen LogP contribution in [-0.2, 0) is 4.79 Å². The third-order valence-electron chi connectivity index (χ3n) is 3.64. The van der Waals surface area contributed by atoms with Gasteiger partial charge < -0.3 is 16.0 Å². The molecule has 5 nitrogen and oxygen atoms in total. The zero-order chi connectivity index (χ0) is 16.7. The zero-order valence-electron chi connectivity index (χ0n) is 13.4. The van der Waals surface area contributed by atoms with E-state index >= 15 is 0 Å².